The van der Waals surface area contributed by atoms with Crippen LogP contribution in [0.1, 0.15) is 67.2 Å². The highest BCUT2D eigenvalue weighted by Crippen LogP contribution is 2.51. The molecule has 1 saturated carbocycles. The molecule has 1 rings (SSSR count). The molecule has 1 aliphatic carbocycles. The maximum atomic E-state index is 12.2. The van der Waals surface area contributed by atoms with Gasteiger partial charge < -0.3 is 15.2 Å². The van der Waals surface area contributed by atoms with Gasteiger partial charge in [0.05, 0.1) is 6.10 Å². The van der Waals surface area contributed by atoms with Gasteiger partial charge in [-0.05, 0) is 25.2 Å². The van der Waals surface area contributed by atoms with E-state index < -0.39 is 16.9 Å². The van der Waals surface area contributed by atoms with Crippen LogP contribution in [0.25, 0.3) is 0 Å². The van der Waals surface area contributed by atoms with E-state index in [4.69, 9.17) is 4.74 Å². The second kappa shape index (κ2) is 6.57. The molecule has 22 heavy (non-hydrogen) atoms. The summed E-state index contributed by atoms with van der Waals surface area (Å²) >= 11 is 0. The summed E-state index contributed by atoms with van der Waals surface area (Å²) in [4.78, 5) is 23.9. The summed E-state index contributed by atoms with van der Waals surface area (Å²) < 4.78 is 5.59. The van der Waals surface area contributed by atoms with Gasteiger partial charge in [-0.3, -0.25) is 4.79 Å². The van der Waals surface area contributed by atoms with Crippen molar-refractivity contribution < 1.29 is 19.4 Å². The summed E-state index contributed by atoms with van der Waals surface area (Å²) in [7, 11) is 0. The molecule has 2 atom stereocenters. The fraction of sp³-hybridized carbons (Fsp3) is 0.882. The molecule has 1 amide bonds. The zero-order chi connectivity index (χ0) is 17.2. The number of hydrogen-bond acceptors (Lipinski definition) is 3. The van der Waals surface area contributed by atoms with Gasteiger partial charge in [0.1, 0.15) is 5.54 Å². The van der Waals surface area contributed by atoms with Crippen LogP contribution in [-0.4, -0.2) is 35.2 Å². The first-order valence-corrected chi connectivity index (χ1v) is 8.12. The van der Waals surface area contributed by atoms with Crippen LogP contribution < -0.4 is 5.32 Å². The van der Waals surface area contributed by atoms with E-state index in [9.17, 15) is 14.7 Å². The van der Waals surface area contributed by atoms with Gasteiger partial charge in [-0.25, -0.2) is 4.79 Å². The number of ether oxygens (including phenoxy) is 1. The molecule has 5 nitrogen and oxygen atoms in total. The molecule has 128 valence electrons. The SMILES string of the molecule is CCOC1CC(NC(=O)CCCC(C)(C)C)(C(=O)O)C1(C)C. The van der Waals surface area contributed by atoms with Crippen LogP contribution in [-0.2, 0) is 14.3 Å². The molecule has 0 saturated heterocycles. The van der Waals surface area contributed by atoms with Crippen LogP contribution in [0, 0.1) is 10.8 Å². The smallest absolute Gasteiger partial charge is 0.330 e. The van der Waals surface area contributed by atoms with E-state index >= 15 is 0 Å². The molecule has 0 aromatic heterocycles. The number of nitrogens with one attached hydrogen (secondary N) is 1. The lowest BCUT2D eigenvalue weighted by atomic mass is 9.54. The third kappa shape index (κ3) is 3.80. The van der Waals surface area contributed by atoms with Gasteiger partial charge in [0, 0.05) is 24.9 Å². The van der Waals surface area contributed by atoms with Crippen molar-refractivity contribution in [2.45, 2.75) is 78.9 Å². The molecular formula is C17H31NO4. The van der Waals surface area contributed by atoms with Crippen LogP contribution in [0.4, 0.5) is 0 Å². The first-order chi connectivity index (χ1) is 9.96. The third-order valence-electron chi connectivity index (χ3n) is 4.81. The Morgan fingerprint density at radius 2 is 1.91 bits per heavy atom. The summed E-state index contributed by atoms with van der Waals surface area (Å²) in [5, 5.41) is 12.4. The minimum atomic E-state index is -1.22. The van der Waals surface area contributed by atoms with Crippen LogP contribution >= 0.6 is 0 Å². The summed E-state index contributed by atoms with van der Waals surface area (Å²) in [6.45, 7) is 12.5. The number of carbonyl (C=O) groups excluding carboxylic acids is 1. The van der Waals surface area contributed by atoms with Crippen LogP contribution in [0.15, 0.2) is 0 Å². The predicted octanol–water partition coefficient (Wildman–Crippen LogP) is 2.98. The quantitative estimate of drug-likeness (QED) is 0.757. The second-order valence-electron chi connectivity index (χ2n) is 8.04. The third-order valence-corrected chi connectivity index (χ3v) is 4.81. The number of carboxylic acid groups (broad SMARTS) is 1. The van der Waals surface area contributed by atoms with Gasteiger partial charge in [-0.15, -0.1) is 0 Å². The van der Waals surface area contributed by atoms with Crippen LogP contribution in [0.3, 0.4) is 0 Å². The monoisotopic (exact) mass is 313 g/mol. The summed E-state index contributed by atoms with van der Waals surface area (Å²) in [5.41, 5.74) is -1.65. The first-order valence-electron chi connectivity index (χ1n) is 8.12. The number of carboxylic acids is 1. The molecule has 2 unspecified atom stereocenters. The maximum absolute atomic E-state index is 12.2. The highest BCUT2D eigenvalue weighted by Gasteiger charge is 2.66. The normalized spacial score (nSPS) is 27.1. The molecule has 0 heterocycles. The van der Waals surface area contributed by atoms with Crippen molar-refractivity contribution in [2.24, 2.45) is 10.8 Å². The van der Waals surface area contributed by atoms with Crippen molar-refractivity contribution in [1.29, 1.82) is 0 Å². The molecule has 0 aromatic carbocycles. The molecule has 5 heteroatoms. The Labute approximate surface area is 133 Å². The van der Waals surface area contributed by atoms with Crippen molar-refractivity contribution in [3.05, 3.63) is 0 Å². The van der Waals surface area contributed by atoms with Gasteiger partial charge in [0.2, 0.25) is 5.91 Å². The molecule has 0 radical (unpaired) electrons. The van der Waals surface area contributed by atoms with Crippen molar-refractivity contribution in [1.82, 2.24) is 5.32 Å². The van der Waals surface area contributed by atoms with Crippen LogP contribution in [0.2, 0.25) is 0 Å². The molecule has 0 bridgehead atoms. The zero-order valence-corrected chi connectivity index (χ0v) is 14.8. The Bertz CT molecular complexity index is 425. The highest BCUT2D eigenvalue weighted by molar-refractivity contribution is 5.89. The summed E-state index contributed by atoms with van der Waals surface area (Å²) in [6.07, 6.45) is 2.25. The molecule has 0 spiro atoms. The van der Waals surface area contributed by atoms with Gasteiger partial charge >= 0.3 is 5.97 Å². The molecule has 0 aromatic rings. The molecule has 1 aliphatic rings. The van der Waals surface area contributed by atoms with Crippen LogP contribution in [0.5, 0.6) is 0 Å². The molecular weight excluding hydrogens is 282 g/mol. The lowest BCUT2D eigenvalue weighted by molar-refractivity contribution is -0.194. The van der Waals surface area contributed by atoms with Gasteiger partial charge in [-0.1, -0.05) is 34.6 Å². The summed E-state index contributed by atoms with van der Waals surface area (Å²) in [5.74, 6) is -1.16. The average molecular weight is 313 g/mol. The lowest BCUT2D eigenvalue weighted by Gasteiger charge is -2.58. The molecule has 2 N–H and O–H groups in total. The Kier molecular flexibility index (Phi) is 5.66. The number of hydrogen-bond donors (Lipinski definition) is 2. The molecule has 0 aliphatic heterocycles. The Morgan fingerprint density at radius 1 is 1.32 bits per heavy atom. The Hall–Kier alpha value is -1.10. The van der Waals surface area contributed by atoms with E-state index in [1.54, 1.807) is 0 Å². The number of amides is 1. The zero-order valence-electron chi connectivity index (χ0n) is 14.8. The van der Waals surface area contributed by atoms with E-state index in [1.807, 2.05) is 20.8 Å². The number of rotatable bonds is 7. The second-order valence-corrected chi connectivity index (χ2v) is 8.04. The van der Waals surface area contributed by atoms with Gasteiger partial charge in [-0.2, -0.15) is 0 Å². The number of carbonyl (C=O) groups is 2. The fourth-order valence-corrected chi connectivity index (χ4v) is 3.12. The van der Waals surface area contributed by atoms with Gasteiger partial charge in [0.25, 0.3) is 0 Å². The highest BCUT2D eigenvalue weighted by atomic mass is 16.5. The summed E-state index contributed by atoms with van der Waals surface area (Å²) in [6, 6.07) is 0. The minimum absolute atomic E-state index is 0.136. The number of aliphatic carboxylic acids is 1. The topological polar surface area (TPSA) is 75.6 Å². The Balaban J connectivity index is 2.67. The van der Waals surface area contributed by atoms with E-state index in [0.717, 1.165) is 12.8 Å². The average Bonchev–Trinajstić information content (AvgIpc) is 2.35. The van der Waals surface area contributed by atoms with E-state index in [-0.39, 0.29) is 17.4 Å². The first kappa shape index (κ1) is 18.9. The van der Waals surface area contributed by atoms with Crippen molar-refractivity contribution in [3.8, 4) is 0 Å². The van der Waals surface area contributed by atoms with E-state index in [1.165, 1.54) is 0 Å². The van der Waals surface area contributed by atoms with E-state index in [2.05, 4.69) is 26.1 Å². The fourth-order valence-electron chi connectivity index (χ4n) is 3.12. The van der Waals surface area contributed by atoms with Crippen molar-refractivity contribution in [2.75, 3.05) is 6.61 Å². The largest absolute Gasteiger partial charge is 0.479 e. The van der Waals surface area contributed by atoms with E-state index in [0.29, 0.717) is 19.4 Å². The molecule has 1 fully saturated rings. The van der Waals surface area contributed by atoms with Gasteiger partial charge in [0.15, 0.2) is 0 Å². The van der Waals surface area contributed by atoms with Crippen molar-refractivity contribution in [3.63, 3.8) is 0 Å². The predicted molar refractivity (Wildman–Crippen MR) is 85.6 cm³/mol. The van der Waals surface area contributed by atoms with Crippen molar-refractivity contribution >= 4 is 11.9 Å². The lowest BCUT2D eigenvalue weighted by Crippen LogP contribution is -2.76. The maximum Gasteiger partial charge on any atom is 0.330 e. The standard InChI is InChI=1S/C17H31NO4/c1-7-22-12-11-17(14(20)21,16(12,5)6)18-13(19)9-8-10-15(2,3)4/h12H,7-11H2,1-6H3,(H,18,19)(H,20,21). The minimum Gasteiger partial charge on any atom is -0.479 e. The Morgan fingerprint density at radius 3 is 2.32 bits per heavy atom.